The van der Waals surface area contributed by atoms with E-state index in [-0.39, 0.29) is 0 Å². The number of aryl methyl sites for hydroxylation is 1. The van der Waals surface area contributed by atoms with Crippen molar-refractivity contribution in [2.24, 2.45) is 0 Å². The van der Waals surface area contributed by atoms with Gasteiger partial charge in [0.2, 0.25) is 0 Å². The molecule has 0 saturated carbocycles. The average molecular weight is 165 g/mol. The Morgan fingerprint density at radius 2 is 2.17 bits per heavy atom. The van der Waals surface area contributed by atoms with Crippen LogP contribution in [0.5, 0.6) is 0 Å². The first kappa shape index (κ1) is 9.07. The summed E-state index contributed by atoms with van der Waals surface area (Å²) in [7, 11) is 0. The van der Waals surface area contributed by atoms with Crippen molar-refractivity contribution in [2.75, 3.05) is 12.3 Å². The Bertz CT molecular complexity index is 258. The number of benzene rings is 1. The second kappa shape index (κ2) is 4.12. The normalized spacial score (nSPS) is 10.2. The first-order chi connectivity index (χ1) is 5.74. The molecule has 1 aromatic carbocycles. The van der Waals surface area contributed by atoms with Crippen LogP contribution in [0.1, 0.15) is 18.1 Å². The second-order valence-corrected chi connectivity index (χ2v) is 2.83. The number of hydrogen-bond donors (Lipinski definition) is 1. The largest absolute Gasteiger partial charge is 0.399 e. The maximum atomic E-state index is 5.74. The molecule has 0 aliphatic carbocycles. The first-order valence-electron chi connectivity index (χ1n) is 4.16. The molecule has 0 aliphatic heterocycles. The van der Waals surface area contributed by atoms with Crippen LogP contribution in [0.25, 0.3) is 0 Å². The second-order valence-electron chi connectivity index (χ2n) is 2.83. The summed E-state index contributed by atoms with van der Waals surface area (Å²) in [6, 6.07) is 6.02. The highest BCUT2D eigenvalue weighted by Gasteiger charge is 1.95. The molecule has 12 heavy (non-hydrogen) atoms. The minimum atomic E-state index is 0.654. The first-order valence-corrected chi connectivity index (χ1v) is 4.16. The quantitative estimate of drug-likeness (QED) is 0.696. The molecule has 0 saturated heterocycles. The van der Waals surface area contributed by atoms with Crippen LogP contribution < -0.4 is 5.73 Å². The zero-order chi connectivity index (χ0) is 8.97. The molecule has 0 aromatic heterocycles. The third-order valence-corrected chi connectivity index (χ3v) is 1.82. The SMILES string of the molecule is CCOCc1ccc(C)c(N)c1. The van der Waals surface area contributed by atoms with Gasteiger partial charge in [0.1, 0.15) is 0 Å². The number of nitrogen functional groups attached to an aromatic ring is 1. The van der Waals surface area contributed by atoms with Crippen LogP contribution in [0.4, 0.5) is 5.69 Å². The molecule has 2 N–H and O–H groups in total. The number of rotatable bonds is 3. The summed E-state index contributed by atoms with van der Waals surface area (Å²) in [5, 5.41) is 0. The van der Waals surface area contributed by atoms with Crippen LogP contribution in [-0.4, -0.2) is 6.61 Å². The van der Waals surface area contributed by atoms with Gasteiger partial charge in [-0.05, 0) is 31.0 Å². The highest BCUT2D eigenvalue weighted by atomic mass is 16.5. The van der Waals surface area contributed by atoms with Gasteiger partial charge in [0.25, 0.3) is 0 Å². The fourth-order valence-corrected chi connectivity index (χ4v) is 1.000. The van der Waals surface area contributed by atoms with Crippen molar-refractivity contribution in [3.8, 4) is 0 Å². The van der Waals surface area contributed by atoms with Crippen LogP contribution in [0.3, 0.4) is 0 Å². The molecule has 2 heteroatoms. The molecule has 0 radical (unpaired) electrons. The molecule has 0 aliphatic rings. The standard InChI is InChI=1S/C10H15NO/c1-3-12-7-9-5-4-8(2)10(11)6-9/h4-6H,3,7,11H2,1-2H3. The fraction of sp³-hybridized carbons (Fsp3) is 0.400. The maximum absolute atomic E-state index is 5.74. The number of nitrogens with two attached hydrogens (primary N) is 1. The number of ether oxygens (including phenoxy) is 1. The maximum Gasteiger partial charge on any atom is 0.0717 e. The third-order valence-electron chi connectivity index (χ3n) is 1.82. The molecule has 0 fully saturated rings. The molecule has 1 aromatic rings. The van der Waals surface area contributed by atoms with Gasteiger partial charge in [0.15, 0.2) is 0 Å². The summed E-state index contributed by atoms with van der Waals surface area (Å²) in [5.41, 5.74) is 8.84. The van der Waals surface area contributed by atoms with Crippen molar-refractivity contribution in [1.29, 1.82) is 0 Å². The van der Waals surface area contributed by atoms with Gasteiger partial charge < -0.3 is 10.5 Å². The predicted molar refractivity (Wildman–Crippen MR) is 50.9 cm³/mol. The lowest BCUT2D eigenvalue weighted by Crippen LogP contribution is -1.95. The Kier molecular flexibility index (Phi) is 3.11. The monoisotopic (exact) mass is 165 g/mol. The van der Waals surface area contributed by atoms with E-state index in [1.54, 1.807) is 0 Å². The van der Waals surface area contributed by atoms with Crippen LogP contribution >= 0.6 is 0 Å². The van der Waals surface area contributed by atoms with Gasteiger partial charge in [0.05, 0.1) is 6.61 Å². The van der Waals surface area contributed by atoms with E-state index in [4.69, 9.17) is 10.5 Å². The van der Waals surface area contributed by atoms with Gasteiger partial charge in [-0.15, -0.1) is 0 Å². The molecule has 2 nitrogen and oxygen atoms in total. The Balaban J connectivity index is 2.69. The van der Waals surface area contributed by atoms with E-state index < -0.39 is 0 Å². The molecule has 0 atom stereocenters. The molecule has 0 amide bonds. The summed E-state index contributed by atoms with van der Waals surface area (Å²) in [6.07, 6.45) is 0. The van der Waals surface area contributed by atoms with Gasteiger partial charge in [-0.1, -0.05) is 12.1 Å². The minimum Gasteiger partial charge on any atom is -0.399 e. The van der Waals surface area contributed by atoms with E-state index in [0.717, 1.165) is 23.4 Å². The number of hydrogen-bond acceptors (Lipinski definition) is 2. The summed E-state index contributed by atoms with van der Waals surface area (Å²) < 4.78 is 5.26. The zero-order valence-electron chi connectivity index (χ0n) is 7.63. The zero-order valence-corrected chi connectivity index (χ0v) is 7.63. The van der Waals surface area contributed by atoms with Gasteiger partial charge in [-0.25, -0.2) is 0 Å². The van der Waals surface area contributed by atoms with E-state index in [9.17, 15) is 0 Å². The van der Waals surface area contributed by atoms with Crippen molar-refractivity contribution < 1.29 is 4.74 Å². The highest BCUT2D eigenvalue weighted by Crippen LogP contribution is 2.13. The number of anilines is 1. The molecule has 0 bridgehead atoms. The molecule has 0 spiro atoms. The lowest BCUT2D eigenvalue weighted by atomic mass is 10.1. The molecule has 1 rings (SSSR count). The summed E-state index contributed by atoms with van der Waals surface area (Å²) in [6.45, 7) is 5.38. The van der Waals surface area contributed by atoms with Gasteiger partial charge in [-0.3, -0.25) is 0 Å². The Labute approximate surface area is 73.3 Å². The van der Waals surface area contributed by atoms with Crippen LogP contribution in [0, 0.1) is 6.92 Å². The minimum absolute atomic E-state index is 0.654. The van der Waals surface area contributed by atoms with E-state index in [2.05, 4.69) is 0 Å². The topological polar surface area (TPSA) is 35.2 Å². The average Bonchev–Trinajstić information content (AvgIpc) is 2.07. The summed E-state index contributed by atoms with van der Waals surface area (Å²) >= 11 is 0. The fourth-order valence-electron chi connectivity index (χ4n) is 1.000. The Morgan fingerprint density at radius 1 is 1.42 bits per heavy atom. The van der Waals surface area contributed by atoms with Crippen molar-refractivity contribution >= 4 is 5.69 Å². The van der Waals surface area contributed by atoms with Gasteiger partial charge in [-0.2, -0.15) is 0 Å². The Morgan fingerprint density at radius 3 is 2.75 bits per heavy atom. The molecule has 0 heterocycles. The van der Waals surface area contributed by atoms with Crippen molar-refractivity contribution in [2.45, 2.75) is 20.5 Å². The van der Waals surface area contributed by atoms with E-state index in [1.165, 1.54) is 0 Å². The predicted octanol–water partition coefficient (Wildman–Crippen LogP) is 2.11. The van der Waals surface area contributed by atoms with Crippen LogP contribution in [0.2, 0.25) is 0 Å². The molecule has 0 unspecified atom stereocenters. The smallest absolute Gasteiger partial charge is 0.0717 e. The van der Waals surface area contributed by atoms with Crippen molar-refractivity contribution in [3.05, 3.63) is 29.3 Å². The van der Waals surface area contributed by atoms with E-state index in [1.807, 2.05) is 32.0 Å². The van der Waals surface area contributed by atoms with Gasteiger partial charge >= 0.3 is 0 Å². The van der Waals surface area contributed by atoms with E-state index >= 15 is 0 Å². The molecule has 66 valence electrons. The van der Waals surface area contributed by atoms with Crippen molar-refractivity contribution in [3.63, 3.8) is 0 Å². The van der Waals surface area contributed by atoms with Crippen molar-refractivity contribution in [1.82, 2.24) is 0 Å². The Hall–Kier alpha value is -1.02. The van der Waals surface area contributed by atoms with E-state index in [0.29, 0.717) is 6.61 Å². The van der Waals surface area contributed by atoms with Crippen LogP contribution in [-0.2, 0) is 11.3 Å². The third kappa shape index (κ3) is 2.24. The summed E-state index contributed by atoms with van der Waals surface area (Å²) in [4.78, 5) is 0. The lowest BCUT2D eigenvalue weighted by Gasteiger charge is -2.04. The summed E-state index contributed by atoms with van der Waals surface area (Å²) in [5.74, 6) is 0. The lowest BCUT2D eigenvalue weighted by molar-refractivity contribution is 0.134. The molecular weight excluding hydrogens is 150 g/mol. The highest BCUT2D eigenvalue weighted by molar-refractivity contribution is 5.48. The molecular formula is C10H15NO. The van der Waals surface area contributed by atoms with Crippen LogP contribution in [0.15, 0.2) is 18.2 Å². The van der Waals surface area contributed by atoms with Gasteiger partial charge in [0, 0.05) is 12.3 Å².